The van der Waals surface area contributed by atoms with Crippen LogP contribution in [0.25, 0.3) is 0 Å². The van der Waals surface area contributed by atoms with Crippen molar-refractivity contribution < 1.29 is 31.1 Å². The zero-order valence-electron chi connectivity index (χ0n) is 8.12. The van der Waals surface area contributed by atoms with Crippen LogP contribution < -0.4 is 5.73 Å². The fraction of sp³-hybridized carbons (Fsp3) is 0.857. The third kappa shape index (κ3) is 4.25. The van der Waals surface area contributed by atoms with E-state index in [9.17, 15) is 26.3 Å². The number of ether oxygens (including phenoxy) is 1. The summed E-state index contributed by atoms with van der Waals surface area (Å²) in [5.74, 6) is -0.874. The molecule has 0 aromatic rings. The lowest BCUT2D eigenvalue weighted by Gasteiger charge is -2.26. The van der Waals surface area contributed by atoms with Crippen molar-refractivity contribution >= 4 is 5.84 Å². The molecule has 0 bridgehead atoms. The Morgan fingerprint density at radius 1 is 1.19 bits per heavy atom. The van der Waals surface area contributed by atoms with Gasteiger partial charge in [-0.05, 0) is 6.42 Å². The first-order valence-electron chi connectivity index (χ1n) is 4.13. The maximum Gasteiger partial charge on any atom is 0.423 e. The molecule has 0 aliphatic rings. The van der Waals surface area contributed by atoms with Gasteiger partial charge in [0.2, 0.25) is 6.10 Å². The smallest absolute Gasteiger partial charge is 0.385 e. The first-order valence-corrected chi connectivity index (χ1v) is 4.13. The Hall–Kier alpha value is -0.990. The fourth-order valence-corrected chi connectivity index (χ4v) is 0.894. The van der Waals surface area contributed by atoms with Gasteiger partial charge in [0.05, 0.1) is 0 Å². The molecule has 0 heterocycles. The molecule has 0 aliphatic heterocycles. The topological polar surface area (TPSA) is 59.1 Å². The fourth-order valence-electron chi connectivity index (χ4n) is 0.894. The van der Waals surface area contributed by atoms with Crippen molar-refractivity contribution in [3.8, 4) is 0 Å². The summed E-state index contributed by atoms with van der Waals surface area (Å²) in [6.07, 6.45) is -17.0. The summed E-state index contributed by atoms with van der Waals surface area (Å²) in [5.41, 5.74) is 4.81. The van der Waals surface area contributed by atoms with E-state index >= 15 is 0 Å². The molecule has 1 unspecified atom stereocenters. The molecular formula is C7H10F6N2O. The van der Waals surface area contributed by atoms with Crippen LogP contribution in [0.2, 0.25) is 0 Å². The van der Waals surface area contributed by atoms with E-state index in [1.165, 1.54) is 6.92 Å². The monoisotopic (exact) mass is 252 g/mol. The van der Waals surface area contributed by atoms with Crippen LogP contribution in [-0.2, 0) is 4.74 Å². The van der Waals surface area contributed by atoms with Crippen LogP contribution >= 0.6 is 0 Å². The molecule has 0 fully saturated rings. The molecular weight excluding hydrogens is 242 g/mol. The van der Waals surface area contributed by atoms with Gasteiger partial charge in [-0.15, -0.1) is 0 Å². The summed E-state index contributed by atoms with van der Waals surface area (Å²) in [4.78, 5) is 0. The molecule has 9 heteroatoms. The molecule has 0 rings (SSSR count). The minimum Gasteiger partial charge on any atom is -0.385 e. The Bertz CT molecular complexity index is 234. The molecule has 3 nitrogen and oxygen atoms in total. The predicted molar refractivity (Wildman–Crippen MR) is 43.0 cm³/mol. The normalized spacial score (nSPS) is 15.2. The lowest BCUT2D eigenvalue weighted by Crippen LogP contribution is -2.48. The van der Waals surface area contributed by atoms with Crippen LogP contribution in [0.5, 0.6) is 0 Å². The van der Waals surface area contributed by atoms with Gasteiger partial charge in [-0.1, -0.05) is 6.92 Å². The van der Waals surface area contributed by atoms with Gasteiger partial charge in [0, 0.05) is 0 Å². The summed E-state index contributed by atoms with van der Waals surface area (Å²) in [5, 5.41) is 6.77. The van der Waals surface area contributed by atoms with Gasteiger partial charge in [-0.2, -0.15) is 26.3 Å². The maximum atomic E-state index is 12.0. The Labute approximate surface area is 87.1 Å². The number of hydrogen-bond donors (Lipinski definition) is 2. The summed E-state index contributed by atoms with van der Waals surface area (Å²) >= 11 is 0. The molecule has 0 amide bonds. The van der Waals surface area contributed by atoms with Gasteiger partial charge in [0.15, 0.2) is 0 Å². The Morgan fingerprint density at radius 3 is 1.75 bits per heavy atom. The van der Waals surface area contributed by atoms with Crippen LogP contribution in [0.1, 0.15) is 13.3 Å². The van der Waals surface area contributed by atoms with Gasteiger partial charge < -0.3 is 10.5 Å². The number of hydrogen-bond acceptors (Lipinski definition) is 2. The number of amidine groups is 1. The quantitative estimate of drug-likeness (QED) is 0.458. The van der Waals surface area contributed by atoms with E-state index in [0.29, 0.717) is 0 Å². The van der Waals surface area contributed by atoms with E-state index in [0.717, 1.165) is 0 Å². The lowest BCUT2D eigenvalue weighted by molar-refractivity contribution is -0.326. The molecule has 3 N–H and O–H groups in total. The van der Waals surface area contributed by atoms with Gasteiger partial charge in [-0.3, -0.25) is 5.41 Å². The van der Waals surface area contributed by atoms with Gasteiger partial charge in [-0.25, -0.2) is 0 Å². The third-order valence-electron chi connectivity index (χ3n) is 1.61. The molecule has 0 aromatic carbocycles. The zero-order valence-corrected chi connectivity index (χ0v) is 8.12. The number of alkyl halides is 6. The minimum absolute atomic E-state index is 0.252. The van der Waals surface area contributed by atoms with Crippen LogP contribution in [0.15, 0.2) is 0 Å². The highest BCUT2D eigenvalue weighted by Gasteiger charge is 2.58. The van der Waals surface area contributed by atoms with Crippen molar-refractivity contribution in [2.24, 2.45) is 5.73 Å². The molecule has 0 radical (unpaired) electrons. The summed E-state index contributed by atoms with van der Waals surface area (Å²) < 4.78 is 75.9. The van der Waals surface area contributed by atoms with Crippen molar-refractivity contribution in [1.82, 2.24) is 0 Å². The average molecular weight is 252 g/mol. The second kappa shape index (κ2) is 4.89. The standard InChI is InChI=1S/C7H10F6N2O/c1-2-3(4(14)15)16-5(6(8,9)10)7(11,12)13/h3,5H,2H2,1H3,(H3,14,15). The highest BCUT2D eigenvalue weighted by molar-refractivity contribution is 5.81. The third-order valence-corrected chi connectivity index (χ3v) is 1.61. The molecule has 0 saturated heterocycles. The highest BCUT2D eigenvalue weighted by atomic mass is 19.4. The van der Waals surface area contributed by atoms with Crippen molar-refractivity contribution in [3.63, 3.8) is 0 Å². The second-order valence-electron chi connectivity index (χ2n) is 2.95. The van der Waals surface area contributed by atoms with E-state index in [1.807, 2.05) is 0 Å². The van der Waals surface area contributed by atoms with Crippen molar-refractivity contribution in [2.75, 3.05) is 0 Å². The number of nitrogens with two attached hydrogens (primary N) is 1. The van der Waals surface area contributed by atoms with E-state index in [2.05, 4.69) is 4.74 Å². The Balaban J connectivity index is 4.88. The van der Waals surface area contributed by atoms with E-state index in [-0.39, 0.29) is 6.42 Å². The summed E-state index contributed by atoms with van der Waals surface area (Å²) in [6.45, 7) is 1.26. The minimum atomic E-state index is -5.58. The number of rotatable bonds is 4. The van der Waals surface area contributed by atoms with E-state index < -0.39 is 30.4 Å². The van der Waals surface area contributed by atoms with E-state index in [4.69, 9.17) is 11.1 Å². The van der Waals surface area contributed by atoms with Crippen molar-refractivity contribution in [1.29, 1.82) is 5.41 Å². The van der Waals surface area contributed by atoms with Crippen molar-refractivity contribution in [3.05, 3.63) is 0 Å². The average Bonchev–Trinajstić information content (AvgIpc) is 1.99. The Morgan fingerprint density at radius 2 is 1.56 bits per heavy atom. The molecule has 0 saturated carbocycles. The SMILES string of the molecule is CCC(OC(C(F)(F)F)C(F)(F)F)C(=N)N. The first-order chi connectivity index (χ1) is 7.00. The molecule has 1 atom stereocenters. The maximum absolute atomic E-state index is 12.0. The van der Waals surface area contributed by atoms with Gasteiger partial charge in [0.25, 0.3) is 0 Å². The van der Waals surface area contributed by atoms with E-state index in [1.54, 1.807) is 0 Å². The number of halogens is 6. The molecule has 0 spiro atoms. The van der Waals surface area contributed by atoms with Crippen LogP contribution in [-0.4, -0.2) is 30.4 Å². The second-order valence-corrected chi connectivity index (χ2v) is 2.95. The van der Waals surface area contributed by atoms with Crippen LogP contribution in [0, 0.1) is 5.41 Å². The first kappa shape index (κ1) is 15.0. The largest absolute Gasteiger partial charge is 0.423 e. The molecule has 0 aliphatic carbocycles. The predicted octanol–water partition coefficient (Wildman–Crippen LogP) is 2.21. The summed E-state index contributed by atoms with van der Waals surface area (Å²) in [6, 6.07) is 0. The molecule has 96 valence electrons. The Kier molecular flexibility index (Phi) is 4.59. The summed E-state index contributed by atoms with van der Waals surface area (Å²) in [7, 11) is 0. The lowest BCUT2D eigenvalue weighted by atomic mass is 10.2. The van der Waals surface area contributed by atoms with Crippen LogP contribution in [0.4, 0.5) is 26.3 Å². The highest BCUT2D eigenvalue weighted by Crippen LogP contribution is 2.36. The van der Waals surface area contributed by atoms with Gasteiger partial charge >= 0.3 is 12.4 Å². The van der Waals surface area contributed by atoms with Gasteiger partial charge in [0.1, 0.15) is 11.9 Å². The number of nitrogens with one attached hydrogen (secondary N) is 1. The molecule has 16 heavy (non-hydrogen) atoms. The van der Waals surface area contributed by atoms with Crippen molar-refractivity contribution in [2.45, 2.75) is 37.9 Å². The molecule has 0 aromatic heterocycles. The van der Waals surface area contributed by atoms with Crippen LogP contribution in [0.3, 0.4) is 0 Å². The zero-order chi connectivity index (χ0) is 13.1.